The molecule has 2 aromatic carbocycles. The van der Waals surface area contributed by atoms with Gasteiger partial charge in [0.05, 0.1) is 12.2 Å². The van der Waals surface area contributed by atoms with Crippen LogP contribution in [-0.4, -0.2) is 30.1 Å². The van der Waals surface area contributed by atoms with Gasteiger partial charge in [0.2, 0.25) is 0 Å². The predicted molar refractivity (Wildman–Crippen MR) is 89.8 cm³/mol. The number of hydrogen-bond donors (Lipinski definition) is 2. The molecule has 0 saturated carbocycles. The summed E-state index contributed by atoms with van der Waals surface area (Å²) in [5, 5.41) is 12.0. The number of carbonyl (C=O) groups is 2. The van der Waals surface area contributed by atoms with Gasteiger partial charge in [0.1, 0.15) is 5.75 Å². The normalized spacial score (nSPS) is 16.0. The van der Waals surface area contributed by atoms with Crippen molar-refractivity contribution in [3.05, 3.63) is 64.7 Å². The molecule has 0 fully saturated rings. The minimum atomic E-state index is -1.04. The fraction of sp³-hybridized carbons (Fsp3) is 0.263. The lowest BCUT2D eigenvalue weighted by molar-refractivity contribution is 0.0696. The van der Waals surface area contributed by atoms with Crippen molar-refractivity contribution in [3.63, 3.8) is 0 Å². The molecule has 1 atom stereocenters. The van der Waals surface area contributed by atoms with Crippen molar-refractivity contribution >= 4 is 11.9 Å². The van der Waals surface area contributed by atoms with Crippen LogP contribution in [0.4, 0.5) is 0 Å². The molecule has 0 saturated heterocycles. The molecule has 24 heavy (non-hydrogen) atoms. The highest BCUT2D eigenvalue weighted by atomic mass is 16.5. The first kappa shape index (κ1) is 16.1. The molecule has 124 valence electrons. The van der Waals surface area contributed by atoms with Crippen molar-refractivity contribution in [2.75, 3.05) is 13.2 Å². The molecule has 2 N–H and O–H groups in total. The second-order valence-corrected chi connectivity index (χ2v) is 5.97. The Kier molecular flexibility index (Phi) is 4.51. The van der Waals surface area contributed by atoms with Gasteiger partial charge in [-0.2, -0.15) is 0 Å². The number of carboxylic acid groups (broad SMARTS) is 1. The smallest absolute Gasteiger partial charge is 0.335 e. The third kappa shape index (κ3) is 3.40. The molecule has 5 nitrogen and oxygen atoms in total. The molecule has 3 rings (SSSR count). The Labute approximate surface area is 140 Å². The van der Waals surface area contributed by atoms with Crippen LogP contribution in [-0.2, 0) is 0 Å². The van der Waals surface area contributed by atoms with E-state index in [-0.39, 0.29) is 17.4 Å². The molecular formula is C19H19NO4. The van der Waals surface area contributed by atoms with Crippen molar-refractivity contribution in [2.45, 2.75) is 19.3 Å². The minimum absolute atomic E-state index is 0.122. The van der Waals surface area contributed by atoms with Gasteiger partial charge in [-0.05, 0) is 48.7 Å². The van der Waals surface area contributed by atoms with Gasteiger partial charge >= 0.3 is 5.97 Å². The predicted octanol–water partition coefficient (Wildman–Crippen LogP) is 2.99. The molecule has 1 heterocycles. The zero-order valence-corrected chi connectivity index (χ0v) is 13.4. The van der Waals surface area contributed by atoms with E-state index in [1.807, 2.05) is 24.3 Å². The van der Waals surface area contributed by atoms with Gasteiger partial charge in [-0.1, -0.05) is 18.2 Å². The number of carboxylic acids is 1. The first-order valence-electron chi connectivity index (χ1n) is 7.89. The largest absolute Gasteiger partial charge is 0.493 e. The Morgan fingerprint density at radius 1 is 1.21 bits per heavy atom. The third-order valence-electron chi connectivity index (χ3n) is 4.18. The summed E-state index contributed by atoms with van der Waals surface area (Å²) in [6, 6.07) is 12.5. The molecule has 0 bridgehead atoms. The zero-order chi connectivity index (χ0) is 17.1. The summed E-state index contributed by atoms with van der Waals surface area (Å²) in [5.41, 5.74) is 2.33. The van der Waals surface area contributed by atoms with E-state index in [1.165, 1.54) is 6.07 Å². The molecule has 1 amide bonds. The number of rotatable bonds is 4. The molecule has 0 aromatic heterocycles. The minimum Gasteiger partial charge on any atom is -0.493 e. The molecular weight excluding hydrogens is 306 g/mol. The molecule has 1 aliphatic heterocycles. The van der Waals surface area contributed by atoms with Gasteiger partial charge in [0.25, 0.3) is 5.91 Å². The standard InChI is InChI=1S/C19H19NO4/c1-12-8-14(10-15(9-12)19(22)23)18(21)20-11-13-6-7-24-17-5-3-2-4-16(13)17/h2-5,8-10,13H,6-7,11H2,1H3,(H,20,21)(H,22,23). The maximum Gasteiger partial charge on any atom is 0.335 e. The molecule has 1 aliphatic rings. The summed E-state index contributed by atoms with van der Waals surface area (Å²) in [6.07, 6.45) is 0.839. The molecule has 5 heteroatoms. The Morgan fingerprint density at radius 3 is 2.75 bits per heavy atom. The maximum absolute atomic E-state index is 12.4. The highest BCUT2D eigenvalue weighted by Gasteiger charge is 2.22. The monoisotopic (exact) mass is 325 g/mol. The fourth-order valence-electron chi connectivity index (χ4n) is 2.98. The highest BCUT2D eigenvalue weighted by Crippen LogP contribution is 2.32. The number of aromatic carboxylic acids is 1. The molecule has 0 radical (unpaired) electrons. The van der Waals surface area contributed by atoms with Crippen molar-refractivity contribution in [1.29, 1.82) is 0 Å². The van der Waals surface area contributed by atoms with E-state index < -0.39 is 5.97 Å². The zero-order valence-electron chi connectivity index (χ0n) is 13.4. The van der Waals surface area contributed by atoms with Gasteiger partial charge in [-0.15, -0.1) is 0 Å². The maximum atomic E-state index is 12.4. The van der Waals surface area contributed by atoms with Crippen LogP contribution in [0, 0.1) is 6.92 Å². The second kappa shape index (κ2) is 6.74. The summed E-state index contributed by atoms with van der Waals surface area (Å²) < 4.78 is 5.62. The van der Waals surface area contributed by atoms with Crippen LogP contribution in [0.3, 0.4) is 0 Å². The topological polar surface area (TPSA) is 75.6 Å². The van der Waals surface area contributed by atoms with E-state index >= 15 is 0 Å². The highest BCUT2D eigenvalue weighted by molar-refractivity contribution is 5.97. The van der Waals surface area contributed by atoms with E-state index in [0.717, 1.165) is 23.3 Å². The SMILES string of the molecule is Cc1cc(C(=O)O)cc(C(=O)NCC2CCOc3ccccc32)c1. The van der Waals surface area contributed by atoms with Crippen LogP contribution in [0.1, 0.15) is 44.2 Å². The second-order valence-electron chi connectivity index (χ2n) is 5.97. The number of nitrogens with one attached hydrogen (secondary N) is 1. The third-order valence-corrected chi connectivity index (χ3v) is 4.18. The summed E-state index contributed by atoms with van der Waals surface area (Å²) in [5.74, 6) is -0.231. The van der Waals surface area contributed by atoms with Crippen molar-refractivity contribution in [1.82, 2.24) is 5.32 Å². The van der Waals surface area contributed by atoms with E-state index in [0.29, 0.717) is 18.7 Å². The number of hydrogen-bond acceptors (Lipinski definition) is 3. The quantitative estimate of drug-likeness (QED) is 0.906. The van der Waals surface area contributed by atoms with Gasteiger partial charge < -0.3 is 15.2 Å². The first-order valence-corrected chi connectivity index (χ1v) is 7.89. The summed E-state index contributed by atoms with van der Waals surface area (Å²) >= 11 is 0. The first-order chi connectivity index (χ1) is 11.5. The van der Waals surface area contributed by atoms with Crippen LogP contribution in [0.25, 0.3) is 0 Å². The van der Waals surface area contributed by atoms with Gasteiger partial charge in [-0.3, -0.25) is 4.79 Å². The number of fused-ring (bicyclic) bond motifs is 1. The average molecular weight is 325 g/mol. The van der Waals surface area contributed by atoms with Crippen LogP contribution >= 0.6 is 0 Å². The number of para-hydroxylation sites is 1. The van der Waals surface area contributed by atoms with Crippen LogP contribution in [0.2, 0.25) is 0 Å². The number of benzene rings is 2. The number of aryl methyl sites for hydroxylation is 1. The Balaban J connectivity index is 1.72. The Morgan fingerprint density at radius 2 is 1.96 bits per heavy atom. The summed E-state index contributed by atoms with van der Waals surface area (Å²) in [6.45, 7) is 2.90. The average Bonchev–Trinajstić information content (AvgIpc) is 2.59. The van der Waals surface area contributed by atoms with Crippen molar-refractivity contribution in [2.24, 2.45) is 0 Å². The van der Waals surface area contributed by atoms with Gasteiger partial charge in [0.15, 0.2) is 0 Å². The Hall–Kier alpha value is -2.82. The van der Waals surface area contributed by atoms with Crippen molar-refractivity contribution < 1.29 is 19.4 Å². The number of ether oxygens (including phenoxy) is 1. The van der Waals surface area contributed by atoms with Crippen LogP contribution < -0.4 is 10.1 Å². The summed E-state index contributed by atoms with van der Waals surface area (Å²) in [7, 11) is 0. The van der Waals surface area contributed by atoms with Gasteiger partial charge in [0, 0.05) is 18.0 Å². The molecule has 1 unspecified atom stereocenters. The summed E-state index contributed by atoms with van der Waals surface area (Å²) in [4.78, 5) is 23.5. The van der Waals surface area contributed by atoms with E-state index in [1.54, 1.807) is 19.1 Å². The molecule has 2 aromatic rings. The van der Waals surface area contributed by atoms with Gasteiger partial charge in [-0.25, -0.2) is 4.79 Å². The molecule has 0 spiro atoms. The lowest BCUT2D eigenvalue weighted by atomic mass is 9.93. The number of amides is 1. The Bertz CT molecular complexity index is 785. The lowest BCUT2D eigenvalue weighted by Crippen LogP contribution is -2.31. The van der Waals surface area contributed by atoms with Crippen LogP contribution in [0.15, 0.2) is 42.5 Å². The van der Waals surface area contributed by atoms with Crippen LogP contribution in [0.5, 0.6) is 5.75 Å². The van der Waals surface area contributed by atoms with E-state index in [9.17, 15) is 9.59 Å². The lowest BCUT2D eigenvalue weighted by Gasteiger charge is -2.26. The van der Waals surface area contributed by atoms with E-state index in [2.05, 4.69) is 5.32 Å². The van der Waals surface area contributed by atoms with Crippen molar-refractivity contribution in [3.8, 4) is 5.75 Å². The number of carbonyl (C=O) groups excluding carboxylic acids is 1. The van der Waals surface area contributed by atoms with E-state index in [4.69, 9.17) is 9.84 Å². The fourth-order valence-corrected chi connectivity index (χ4v) is 2.98. The molecule has 0 aliphatic carbocycles.